The summed E-state index contributed by atoms with van der Waals surface area (Å²) in [5.41, 5.74) is 1.63. The molecule has 0 bridgehead atoms. The Hall–Kier alpha value is -2.73. The van der Waals surface area contributed by atoms with Crippen molar-refractivity contribution in [1.29, 1.82) is 0 Å². The highest BCUT2D eigenvalue weighted by atomic mass is 32.2. The normalized spacial score (nSPS) is 11.3. The molecule has 124 valence electrons. The molecule has 6 heteroatoms. The molecule has 0 atom stereocenters. The molecule has 2 aromatic heterocycles. The summed E-state index contributed by atoms with van der Waals surface area (Å²) in [7, 11) is 1.76. The van der Waals surface area contributed by atoms with Crippen LogP contribution in [0.15, 0.2) is 58.4 Å². The third-order valence-electron chi connectivity index (χ3n) is 4.09. The van der Waals surface area contributed by atoms with Crippen molar-refractivity contribution in [3.63, 3.8) is 0 Å². The molecular formula is C19H16N4OS. The van der Waals surface area contributed by atoms with Gasteiger partial charge in [-0.25, -0.2) is 15.0 Å². The monoisotopic (exact) mass is 348 g/mol. The van der Waals surface area contributed by atoms with E-state index in [0.29, 0.717) is 11.1 Å². The van der Waals surface area contributed by atoms with Crippen LogP contribution in [0.4, 0.5) is 0 Å². The summed E-state index contributed by atoms with van der Waals surface area (Å²) in [6, 6.07) is 15.4. The number of fused-ring (bicyclic) bond motifs is 2. The second-order valence-corrected chi connectivity index (χ2v) is 6.76. The lowest BCUT2D eigenvalue weighted by Crippen LogP contribution is -2.21. The molecular weight excluding hydrogens is 332 g/mol. The Balaban J connectivity index is 1.74. The van der Waals surface area contributed by atoms with E-state index in [-0.39, 0.29) is 5.56 Å². The number of aromatic nitrogens is 4. The Labute approximate surface area is 148 Å². The Morgan fingerprint density at radius 1 is 0.920 bits per heavy atom. The van der Waals surface area contributed by atoms with Crippen molar-refractivity contribution in [2.45, 2.75) is 17.7 Å². The maximum Gasteiger partial charge on any atom is 0.261 e. The molecule has 0 spiro atoms. The van der Waals surface area contributed by atoms with Gasteiger partial charge in [0.05, 0.1) is 22.2 Å². The summed E-state index contributed by atoms with van der Waals surface area (Å²) >= 11 is 1.58. The van der Waals surface area contributed by atoms with E-state index in [1.54, 1.807) is 23.4 Å². The highest BCUT2D eigenvalue weighted by Gasteiger charge is 2.11. The predicted molar refractivity (Wildman–Crippen MR) is 101 cm³/mol. The minimum absolute atomic E-state index is 0.0232. The number of hydrogen-bond donors (Lipinski definition) is 0. The van der Waals surface area contributed by atoms with Crippen LogP contribution >= 0.6 is 11.8 Å². The Morgan fingerprint density at radius 3 is 2.32 bits per heavy atom. The number of aryl methyl sites for hydroxylation is 1. The fourth-order valence-electron chi connectivity index (χ4n) is 2.79. The number of thioether (sulfide) groups is 1. The predicted octanol–water partition coefficient (Wildman–Crippen LogP) is 3.48. The van der Waals surface area contributed by atoms with Gasteiger partial charge in [-0.2, -0.15) is 0 Å². The molecule has 0 aliphatic rings. The molecule has 0 unspecified atom stereocenters. The van der Waals surface area contributed by atoms with Crippen LogP contribution in [-0.2, 0) is 12.8 Å². The summed E-state index contributed by atoms with van der Waals surface area (Å²) < 4.78 is 1.62. The van der Waals surface area contributed by atoms with Gasteiger partial charge < -0.3 is 0 Å². The summed E-state index contributed by atoms with van der Waals surface area (Å²) in [5.74, 6) is 2.03. The lowest BCUT2D eigenvalue weighted by molar-refractivity contribution is 0.785. The van der Waals surface area contributed by atoms with E-state index in [0.717, 1.165) is 33.1 Å². The molecule has 5 nitrogen and oxygen atoms in total. The number of rotatable bonds is 3. The summed E-state index contributed by atoms with van der Waals surface area (Å²) in [5, 5.41) is 2.57. The van der Waals surface area contributed by atoms with Gasteiger partial charge in [-0.1, -0.05) is 42.1 Å². The number of nitrogens with zero attached hydrogens (tertiary/aromatic N) is 4. The van der Waals surface area contributed by atoms with Crippen LogP contribution in [0.25, 0.3) is 21.8 Å². The number of hydrogen-bond acceptors (Lipinski definition) is 5. The van der Waals surface area contributed by atoms with Crippen molar-refractivity contribution in [1.82, 2.24) is 19.5 Å². The standard InChI is InChI=1S/C19H16N4OS/c1-12-20-15-9-5-3-7-13(15)18(21-12)25-11-17-22-16-10-6-4-8-14(16)19(24)23(17)2/h3-10H,11H2,1-2H3. The quantitative estimate of drug-likeness (QED) is 0.419. The van der Waals surface area contributed by atoms with Gasteiger partial charge in [0.2, 0.25) is 0 Å². The smallest absolute Gasteiger partial charge is 0.261 e. The molecule has 0 aliphatic heterocycles. The average Bonchev–Trinajstić information content (AvgIpc) is 2.63. The topological polar surface area (TPSA) is 60.7 Å². The molecule has 0 saturated heterocycles. The van der Waals surface area contributed by atoms with Crippen molar-refractivity contribution in [2.24, 2.45) is 7.05 Å². The van der Waals surface area contributed by atoms with Gasteiger partial charge in [0, 0.05) is 12.4 Å². The summed E-state index contributed by atoms with van der Waals surface area (Å²) in [6.45, 7) is 1.89. The average molecular weight is 348 g/mol. The van der Waals surface area contributed by atoms with Gasteiger partial charge >= 0.3 is 0 Å². The summed E-state index contributed by atoms with van der Waals surface area (Å²) in [6.07, 6.45) is 0. The van der Waals surface area contributed by atoms with Gasteiger partial charge in [-0.15, -0.1) is 0 Å². The first-order chi connectivity index (χ1) is 12.1. The van der Waals surface area contributed by atoms with Gasteiger partial charge in [0.1, 0.15) is 16.7 Å². The van der Waals surface area contributed by atoms with Crippen molar-refractivity contribution < 1.29 is 0 Å². The largest absolute Gasteiger partial charge is 0.299 e. The maximum atomic E-state index is 12.5. The van der Waals surface area contributed by atoms with Crippen LogP contribution in [0.3, 0.4) is 0 Å². The lowest BCUT2D eigenvalue weighted by atomic mass is 10.2. The van der Waals surface area contributed by atoms with Gasteiger partial charge in [0.15, 0.2) is 0 Å². The molecule has 0 amide bonds. The van der Waals surface area contributed by atoms with E-state index in [1.165, 1.54) is 0 Å². The van der Waals surface area contributed by atoms with E-state index in [9.17, 15) is 4.79 Å². The van der Waals surface area contributed by atoms with Crippen LogP contribution < -0.4 is 5.56 Å². The molecule has 2 heterocycles. The highest BCUT2D eigenvalue weighted by Crippen LogP contribution is 2.27. The third kappa shape index (κ3) is 2.89. The highest BCUT2D eigenvalue weighted by molar-refractivity contribution is 7.98. The number of para-hydroxylation sites is 2. The first-order valence-electron chi connectivity index (χ1n) is 7.94. The van der Waals surface area contributed by atoms with Crippen LogP contribution in [-0.4, -0.2) is 19.5 Å². The fraction of sp³-hybridized carbons (Fsp3) is 0.158. The van der Waals surface area contributed by atoms with Crippen LogP contribution in [0, 0.1) is 6.92 Å². The molecule has 4 rings (SSSR count). The van der Waals surface area contributed by atoms with Crippen LogP contribution in [0.1, 0.15) is 11.6 Å². The van der Waals surface area contributed by atoms with Crippen molar-refractivity contribution in [3.8, 4) is 0 Å². The second-order valence-electron chi connectivity index (χ2n) is 5.79. The van der Waals surface area contributed by atoms with E-state index in [4.69, 9.17) is 0 Å². The van der Waals surface area contributed by atoms with Crippen molar-refractivity contribution in [3.05, 3.63) is 70.5 Å². The molecule has 4 aromatic rings. The molecule has 25 heavy (non-hydrogen) atoms. The molecule has 0 aliphatic carbocycles. The zero-order valence-corrected chi connectivity index (χ0v) is 14.7. The third-order valence-corrected chi connectivity index (χ3v) is 5.08. The van der Waals surface area contributed by atoms with Gasteiger partial charge in [-0.05, 0) is 25.1 Å². The first-order valence-corrected chi connectivity index (χ1v) is 8.93. The van der Waals surface area contributed by atoms with E-state index in [2.05, 4.69) is 15.0 Å². The maximum absolute atomic E-state index is 12.5. The zero-order chi connectivity index (χ0) is 17.4. The van der Waals surface area contributed by atoms with E-state index >= 15 is 0 Å². The second kappa shape index (κ2) is 6.29. The Bertz CT molecular complexity index is 1150. The lowest BCUT2D eigenvalue weighted by Gasteiger charge is -2.10. The van der Waals surface area contributed by atoms with E-state index in [1.807, 2.05) is 55.5 Å². The Kier molecular flexibility index (Phi) is 3.97. The number of benzene rings is 2. The molecule has 0 fully saturated rings. The molecule has 2 aromatic carbocycles. The molecule has 0 N–H and O–H groups in total. The minimum atomic E-state index is -0.0232. The van der Waals surface area contributed by atoms with Crippen LogP contribution in [0.2, 0.25) is 0 Å². The van der Waals surface area contributed by atoms with Crippen LogP contribution in [0.5, 0.6) is 0 Å². The summed E-state index contributed by atoms with van der Waals surface area (Å²) in [4.78, 5) is 26.2. The fourth-order valence-corrected chi connectivity index (χ4v) is 3.84. The van der Waals surface area contributed by atoms with E-state index < -0.39 is 0 Å². The zero-order valence-electron chi connectivity index (χ0n) is 13.9. The van der Waals surface area contributed by atoms with Gasteiger partial charge in [0.25, 0.3) is 5.56 Å². The van der Waals surface area contributed by atoms with Crippen molar-refractivity contribution in [2.75, 3.05) is 0 Å². The molecule has 0 radical (unpaired) electrons. The molecule has 0 saturated carbocycles. The SMILES string of the molecule is Cc1nc(SCc2nc3ccccc3c(=O)n2C)c2ccccc2n1. The minimum Gasteiger partial charge on any atom is -0.299 e. The van der Waals surface area contributed by atoms with Crippen molar-refractivity contribution >= 4 is 33.6 Å². The Morgan fingerprint density at radius 2 is 1.56 bits per heavy atom. The van der Waals surface area contributed by atoms with Gasteiger partial charge in [-0.3, -0.25) is 9.36 Å². The first kappa shape index (κ1) is 15.8.